The van der Waals surface area contributed by atoms with Crippen LogP contribution in [0.2, 0.25) is 5.02 Å². The number of nitrogens with one attached hydrogen (secondary N) is 1. The molecule has 4 rings (SSSR count). The summed E-state index contributed by atoms with van der Waals surface area (Å²) in [5.74, 6) is 0.994. The maximum atomic E-state index is 12.3. The fourth-order valence-corrected chi connectivity index (χ4v) is 3.53. The molecule has 1 aliphatic rings. The molecule has 1 saturated heterocycles. The fourth-order valence-electron chi connectivity index (χ4n) is 3.35. The van der Waals surface area contributed by atoms with Crippen molar-refractivity contribution in [1.29, 1.82) is 0 Å². The predicted molar refractivity (Wildman–Crippen MR) is 106 cm³/mol. The molecule has 1 fully saturated rings. The minimum absolute atomic E-state index is 0.0502. The monoisotopic (exact) mass is 384 g/mol. The van der Waals surface area contributed by atoms with Gasteiger partial charge in [0, 0.05) is 26.2 Å². The van der Waals surface area contributed by atoms with Gasteiger partial charge in [-0.05, 0) is 36.8 Å². The van der Waals surface area contributed by atoms with Crippen LogP contribution in [0.3, 0.4) is 0 Å². The second kappa shape index (κ2) is 7.54. The molecule has 1 amide bonds. The smallest absolute Gasteiger partial charge is 0.238 e. The molecule has 7 nitrogen and oxygen atoms in total. The number of hydrogen-bond acceptors (Lipinski definition) is 5. The lowest BCUT2D eigenvalue weighted by Gasteiger charge is -2.35. The lowest BCUT2D eigenvalue weighted by atomic mass is 10.2. The molecule has 1 aromatic carbocycles. The molecule has 0 bridgehead atoms. The van der Waals surface area contributed by atoms with Crippen LogP contribution in [0.25, 0.3) is 5.65 Å². The second-order valence-corrected chi connectivity index (χ2v) is 7.12. The van der Waals surface area contributed by atoms with Gasteiger partial charge in [0.15, 0.2) is 5.65 Å². The molecule has 3 aromatic rings. The Hall–Kier alpha value is -2.64. The third-order valence-corrected chi connectivity index (χ3v) is 5.05. The number of amides is 1. The van der Waals surface area contributed by atoms with Crippen LogP contribution in [0.15, 0.2) is 42.7 Å². The van der Waals surface area contributed by atoms with Gasteiger partial charge in [0.05, 0.1) is 17.3 Å². The summed E-state index contributed by atoms with van der Waals surface area (Å²) in [5.41, 5.74) is 2.66. The molecule has 8 heteroatoms. The molecule has 0 saturated carbocycles. The van der Waals surface area contributed by atoms with Crippen LogP contribution in [-0.2, 0) is 4.79 Å². The summed E-state index contributed by atoms with van der Waals surface area (Å²) < 4.78 is 1.87. The number of piperazine rings is 1. The number of carbonyl (C=O) groups is 1. The summed E-state index contributed by atoms with van der Waals surface area (Å²) in [4.78, 5) is 21.0. The van der Waals surface area contributed by atoms with Crippen molar-refractivity contribution >= 4 is 34.7 Å². The standard InChI is InChI=1S/C19H21ClN6O/c1-14-10-17-21-13-22-26(17)19(11-14)25-8-6-24(7-9-25)12-18(27)23-16-5-3-2-4-15(16)20/h2-5,10-11,13H,6-9,12H2,1H3,(H,23,27). The zero-order valence-corrected chi connectivity index (χ0v) is 15.9. The van der Waals surface area contributed by atoms with Gasteiger partial charge in [0.2, 0.25) is 5.91 Å². The van der Waals surface area contributed by atoms with Crippen LogP contribution < -0.4 is 10.2 Å². The molecular weight excluding hydrogens is 364 g/mol. The van der Waals surface area contributed by atoms with E-state index in [-0.39, 0.29) is 5.91 Å². The van der Waals surface area contributed by atoms with Crippen LogP contribution in [0, 0.1) is 6.92 Å². The average Bonchev–Trinajstić information content (AvgIpc) is 3.12. The molecule has 140 valence electrons. The van der Waals surface area contributed by atoms with E-state index in [9.17, 15) is 4.79 Å². The molecule has 0 spiro atoms. The zero-order chi connectivity index (χ0) is 18.8. The summed E-state index contributed by atoms with van der Waals surface area (Å²) in [6.07, 6.45) is 1.58. The second-order valence-electron chi connectivity index (χ2n) is 6.71. The summed E-state index contributed by atoms with van der Waals surface area (Å²) in [5, 5.41) is 7.76. The van der Waals surface area contributed by atoms with Crippen molar-refractivity contribution in [2.24, 2.45) is 0 Å². The molecular formula is C19H21ClN6O. The number of aromatic nitrogens is 3. The van der Waals surface area contributed by atoms with Gasteiger partial charge in [-0.2, -0.15) is 9.61 Å². The highest BCUT2D eigenvalue weighted by atomic mass is 35.5. The minimum Gasteiger partial charge on any atom is -0.354 e. The van der Waals surface area contributed by atoms with Crippen molar-refractivity contribution in [3.05, 3.63) is 53.3 Å². The first-order chi connectivity index (χ1) is 13.1. The van der Waals surface area contributed by atoms with Crippen molar-refractivity contribution in [3.63, 3.8) is 0 Å². The first-order valence-corrected chi connectivity index (χ1v) is 9.30. The normalized spacial score (nSPS) is 15.3. The molecule has 0 aliphatic carbocycles. The number of pyridine rings is 1. The lowest BCUT2D eigenvalue weighted by molar-refractivity contribution is -0.117. The molecule has 0 unspecified atom stereocenters. The van der Waals surface area contributed by atoms with Crippen LogP contribution >= 0.6 is 11.6 Å². The largest absolute Gasteiger partial charge is 0.354 e. The van der Waals surface area contributed by atoms with Gasteiger partial charge in [-0.1, -0.05) is 23.7 Å². The molecule has 3 heterocycles. The third-order valence-electron chi connectivity index (χ3n) is 4.72. The summed E-state index contributed by atoms with van der Waals surface area (Å²) in [6, 6.07) is 11.4. The van der Waals surface area contributed by atoms with Crippen molar-refractivity contribution < 1.29 is 4.79 Å². The molecule has 2 aromatic heterocycles. The van der Waals surface area contributed by atoms with E-state index in [1.165, 1.54) is 0 Å². The number of para-hydroxylation sites is 1. The Morgan fingerprint density at radius 1 is 1.19 bits per heavy atom. The number of carbonyl (C=O) groups excluding carboxylic acids is 1. The Balaban J connectivity index is 1.37. The topological polar surface area (TPSA) is 65.8 Å². The Morgan fingerprint density at radius 3 is 2.74 bits per heavy atom. The van der Waals surface area contributed by atoms with E-state index in [0.29, 0.717) is 17.3 Å². The Bertz CT molecular complexity index is 964. The van der Waals surface area contributed by atoms with Gasteiger partial charge in [-0.15, -0.1) is 0 Å². The van der Waals surface area contributed by atoms with Gasteiger partial charge in [-0.25, -0.2) is 4.98 Å². The number of fused-ring (bicyclic) bond motifs is 1. The number of nitrogens with zero attached hydrogens (tertiary/aromatic N) is 5. The number of benzene rings is 1. The number of aryl methyl sites for hydroxylation is 1. The molecule has 27 heavy (non-hydrogen) atoms. The van der Waals surface area contributed by atoms with E-state index in [4.69, 9.17) is 11.6 Å². The fraction of sp³-hybridized carbons (Fsp3) is 0.316. The van der Waals surface area contributed by atoms with Crippen molar-refractivity contribution in [3.8, 4) is 0 Å². The van der Waals surface area contributed by atoms with Gasteiger partial charge in [0.1, 0.15) is 12.1 Å². The lowest BCUT2D eigenvalue weighted by Crippen LogP contribution is -2.49. The highest BCUT2D eigenvalue weighted by molar-refractivity contribution is 6.33. The van der Waals surface area contributed by atoms with Gasteiger partial charge in [0.25, 0.3) is 0 Å². The van der Waals surface area contributed by atoms with E-state index in [0.717, 1.165) is 43.2 Å². The van der Waals surface area contributed by atoms with E-state index < -0.39 is 0 Å². The summed E-state index contributed by atoms with van der Waals surface area (Å²) in [7, 11) is 0. The molecule has 1 aliphatic heterocycles. The van der Waals surface area contributed by atoms with E-state index >= 15 is 0 Å². The van der Waals surface area contributed by atoms with Crippen molar-refractivity contribution in [2.45, 2.75) is 6.92 Å². The van der Waals surface area contributed by atoms with E-state index in [1.807, 2.05) is 22.7 Å². The first-order valence-electron chi connectivity index (χ1n) is 8.92. The predicted octanol–water partition coefficient (Wildman–Crippen LogP) is 2.45. The zero-order valence-electron chi connectivity index (χ0n) is 15.1. The third kappa shape index (κ3) is 3.89. The SMILES string of the molecule is Cc1cc(N2CCN(CC(=O)Nc3ccccc3Cl)CC2)n2ncnc2c1. The van der Waals surface area contributed by atoms with Gasteiger partial charge >= 0.3 is 0 Å². The molecule has 0 radical (unpaired) electrons. The van der Waals surface area contributed by atoms with Crippen LogP contribution in [-0.4, -0.2) is 58.1 Å². The van der Waals surface area contributed by atoms with Gasteiger partial charge in [-0.3, -0.25) is 9.69 Å². The van der Waals surface area contributed by atoms with Crippen LogP contribution in [0.4, 0.5) is 11.5 Å². The van der Waals surface area contributed by atoms with Crippen LogP contribution in [0.1, 0.15) is 5.56 Å². The number of halogens is 1. The Morgan fingerprint density at radius 2 is 1.96 bits per heavy atom. The number of hydrogen-bond donors (Lipinski definition) is 1. The minimum atomic E-state index is -0.0502. The Kier molecular flexibility index (Phi) is 4.96. The van der Waals surface area contributed by atoms with E-state index in [1.54, 1.807) is 18.5 Å². The quantitative estimate of drug-likeness (QED) is 0.748. The summed E-state index contributed by atoms with van der Waals surface area (Å²) >= 11 is 6.10. The highest BCUT2D eigenvalue weighted by Gasteiger charge is 2.21. The average molecular weight is 385 g/mol. The van der Waals surface area contributed by atoms with Crippen molar-refractivity contribution in [2.75, 3.05) is 42.9 Å². The number of rotatable bonds is 4. The maximum Gasteiger partial charge on any atom is 0.238 e. The molecule has 0 atom stereocenters. The Labute approximate surface area is 162 Å². The van der Waals surface area contributed by atoms with Crippen molar-refractivity contribution in [1.82, 2.24) is 19.5 Å². The number of anilines is 2. The molecule has 1 N–H and O–H groups in total. The highest BCUT2D eigenvalue weighted by Crippen LogP contribution is 2.21. The van der Waals surface area contributed by atoms with Gasteiger partial charge < -0.3 is 10.2 Å². The van der Waals surface area contributed by atoms with Crippen LogP contribution in [0.5, 0.6) is 0 Å². The maximum absolute atomic E-state index is 12.3. The van der Waals surface area contributed by atoms with E-state index in [2.05, 4.69) is 38.2 Å². The summed E-state index contributed by atoms with van der Waals surface area (Å²) in [6.45, 7) is 5.69. The first kappa shape index (κ1) is 17.8.